The number of aliphatic imine (C=N–C) groups is 1. The van der Waals surface area contributed by atoms with Crippen LogP contribution in [-0.4, -0.2) is 65.9 Å². The predicted molar refractivity (Wildman–Crippen MR) is 109 cm³/mol. The van der Waals surface area contributed by atoms with Crippen molar-refractivity contribution >= 4 is 29.9 Å². The Balaban J connectivity index is 0.00000364. The van der Waals surface area contributed by atoms with Crippen molar-refractivity contribution in [3.63, 3.8) is 0 Å². The van der Waals surface area contributed by atoms with Crippen molar-refractivity contribution < 1.29 is 17.7 Å². The molecule has 1 N–H and O–H groups in total. The number of hydrogen-bond acceptors (Lipinski definition) is 4. The molecule has 156 valence electrons. The number of nitrogens with one attached hydrogen (secondary N) is 1. The first kappa shape index (κ1) is 24.0. The van der Waals surface area contributed by atoms with Crippen molar-refractivity contribution in [2.24, 2.45) is 4.99 Å². The molecule has 0 saturated carbocycles. The molecule has 0 amide bonds. The van der Waals surface area contributed by atoms with E-state index in [1.54, 1.807) is 0 Å². The average Bonchev–Trinajstić information content (AvgIpc) is 3.06. The highest BCUT2D eigenvalue weighted by atomic mass is 127. The smallest absolute Gasteiger partial charge is 0.359 e. The molecule has 0 spiro atoms. The lowest BCUT2D eigenvalue weighted by Gasteiger charge is -2.39. The summed E-state index contributed by atoms with van der Waals surface area (Å²) in [5.74, 6) is 1.65. The molecule has 1 unspecified atom stereocenters. The summed E-state index contributed by atoms with van der Waals surface area (Å²) < 4.78 is 43.9. The standard InChI is InChI=1S/C17H28F3N5O.HI/c1-5-21-16(22-11-14-10-15(12(2)3)23-26-14)25-8-6-24(7-9-25)13(4)17(18,19)20;/h10,12-13H,5-9,11H2,1-4H3,(H,21,22);1H. The van der Waals surface area contributed by atoms with Crippen LogP contribution in [0, 0.1) is 0 Å². The molecular weight excluding hydrogens is 474 g/mol. The molecule has 10 heteroatoms. The van der Waals surface area contributed by atoms with Gasteiger partial charge in [0.25, 0.3) is 0 Å². The Labute approximate surface area is 175 Å². The molecule has 6 nitrogen and oxygen atoms in total. The topological polar surface area (TPSA) is 56.9 Å². The van der Waals surface area contributed by atoms with Gasteiger partial charge in [-0.1, -0.05) is 19.0 Å². The van der Waals surface area contributed by atoms with Gasteiger partial charge in [-0.05, 0) is 19.8 Å². The number of aromatic nitrogens is 1. The largest absolute Gasteiger partial charge is 0.403 e. The fourth-order valence-electron chi connectivity index (χ4n) is 2.78. The molecule has 0 radical (unpaired) electrons. The second kappa shape index (κ2) is 10.5. The number of rotatable bonds is 5. The number of hydrogen-bond donors (Lipinski definition) is 1. The van der Waals surface area contributed by atoms with E-state index in [0.29, 0.717) is 51.0 Å². The van der Waals surface area contributed by atoms with Crippen molar-refractivity contribution in [3.05, 3.63) is 17.5 Å². The molecule has 1 fully saturated rings. The number of alkyl halides is 3. The van der Waals surface area contributed by atoms with Crippen LogP contribution < -0.4 is 5.32 Å². The van der Waals surface area contributed by atoms with Crippen LogP contribution in [0.4, 0.5) is 13.2 Å². The van der Waals surface area contributed by atoms with Crippen LogP contribution in [0.25, 0.3) is 0 Å². The zero-order chi connectivity index (χ0) is 19.3. The van der Waals surface area contributed by atoms with Crippen LogP contribution in [0.3, 0.4) is 0 Å². The van der Waals surface area contributed by atoms with Crippen LogP contribution in [0.2, 0.25) is 0 Å². The average molecular weight is 503 g/mol. The van der Waals surface area contributed by atoms with E-state index in [1.807, 2.05) is 31.7 Å². The first-order valence-corrected chi connectivity index (χ1v) is 9.01. The van der Waals surface area contributed by atoms with Crippen molar-refractivity contribution in [1.29, 1.82) is 0 Å². The maximum absolute atomic E-state index is 12.9. The number of piperazine rings is 1. The van der Waals surface area contributed by atoms with Crippen LogP contribution in [-0.2, 0) is 6.54 Å². The summed E-state index contributed by atoms with van der Waals surface area (Å²) in [7, 11) is 0. The minimum absolute atomic E-state index is 0. The Hall–Kier alpha value is -1.04. The van der Waals surface area contributed by atoms with E-state index in [0.717, 1.165) is 5.69 Å². The third kappa shape index (κ3) is 6.81. The van der Waals surface area contributed by atoms with Crippen molar-refractivity contribution in [2.45, 2.75) is 52.4 Å². The summed E-state index contributed by atoms with van der Waals surface area (Å²) in [6.45, 7) is 9.99. The van der Waals surface area contributed by atoms with Gasteiger partial charge in [0.05, 0.1) is 5.69 Å². The molecular formula is C17H29F3IN5O. The van der Waals surface area contributed by atoms with Gasteiger partial charge in [0.15, 0.2) is 11.7 Å². The highest BCUT2D eigenvalue weighted by molar-refractivity contribution is 14.0. The normalized spacial score (nSPS) is 17.8. The van der Waals surface area contributed by atoms with Crippen molar-refractivity contribution in [1.82, 2.24) is 20.3 Å². The molecule has 0 aromatic carbocycles. The third-order valence-corrected chi connectivity index (χ3v) is 4.52. The van der Waals surface area contributed by atoms with Crippen LogP contribution in [0.5, 0.6) is 0 Å². The lowest BCUT2D eigenvalue weighted by atomic mass is 10.1. The van der Waals surface area contributed by atoms with Gasteiger partial charge in [0.1, 0.15) is 12.6 Å². The maximum Gasteiger partial charge on any atom is 0.403 e. The molecule has 1 atom stereocenters. The number of halogens is 4. The zero-order valence-electron chi connectivity index (χ0n) is 16.2. The van der Waals surface area contributed by atoms with Gasteiger partial charge in [-0.3, -0.25) is 4.90 Å². The first-order valence-electron chi connectivity index (χ1n) is 9.01. The van der Waals surface area contributed by atoms with E-state index in [-0.39, 0.29) is 29.9 Å². The molecule has 1 saturated heterocycles. The van der Waals surface area contributed by atoms with Gasteiger partial charge >= 0.3 is 6.18 Å². The van der Waals surface area contributed by atoms with Crippen molar-refractivity contribution in [2.75, 3.05) is 32.7 Å². The molecule has 2 heterocycles. The fourth-order valence-corrected chi connectivity index (χ4v) is 2.78. The lowest BCUT2D eigenvalue weighted by Crippen LogP contribution is -2.56. The maximum atomic E-state index is 12.9. The zero-order valence-corrected chi connectivity index (χ0v) is 18.5. The van der Waals surface area contributed by atoms with Crippen LogP contribution in [0.1, 0.15) is 45.1 Å². The minimum atomic E-state index is -4.19. The van der Waals surface area contributed by atoms with Crippen LogP contribution >= 0.6 is 24.0 Å². The first-order chi connectivity index (χ1) is 12.2. The molecule has 1 aliphatic rings. The molecule has 1 aromatic rings. The summed E-state index contributed by atoms with van der Waals surface area (Å²) in [6, 6.07) is 0.466. The lowest BCUT2D eigenvalue weighted by molar-refractivity contribution is -0.181. The Morgan fingerprint density at radius 2 is 1.89 bits per heavy atom. The van der Waals surface area contributed by atoms with Gasteiger partial charge in [0, 0.05) is 38.8 Å². The van der Waals surface area contributed by atoms with Gasteiger partial charge in [-0.15, -0.1) is 24.0 Å². The highest BCUT2D eigenvalue weighted by Crippen LogP contribution is 2.25. The summed E-state index contributed by atoms with van der Waals surface area (Å²) in [5, 5.41) is 7.21. The Morgan fingerprint density at radius 1 is 1.26 bits per heavy atom. The Kier molecular flexibility index (Phi) is 9.32. The Morgan fingerprint density at radius 3 is 2.37 bits per heavy atom. The van der Waals surface area contributed by atoms with Gasteiger partial charge in [-0.25, -0.2) is 4.99 Å². The van der Waals surface area contributed by atoms with Gasteiger partial charge in [0.2, 0.25) is 0 Å². The van der Waals surface area contributed by atoms with E-state index < -0.39 is 12.2 Å². The second-order valence-corrected chi connectivity index (χ2v) is 6.78. The quantitative estimate of drug-likeness (QED) is 0.379. The molecule has 2 rings (SSSR count). The van der Waals surface area contributed by atoms with E-state index in [2.05, 4.69) is 15.5 Å². The predicted octanol–water partition coefficient (Wildman–Crippen LogP) is 3.45. The second-order valence-electron chi connectivity index (χ2n) is 6.78. The van der Waals surface area contributed by atoms with Crippen LogP contribution in [0.15, 0.2) is 15.6 Å². The molecule has 27 heavy (non-hydrogen) atoms. The monoisotopic (exact) mass is 503 g/mol. The van der Waals surface area contributed by atoms with E-state index in [1.165, 1.54) is 11.8 Å². The van der Waals surface area contributed by atoms with Gasteiger partial charge in [-0.2, -0.15) is 13.2 Å². The molecule has 1 aromatic heterocycles. The highest BCUT2D eigenvalue weighted by Gasteiger charge is 2.41. The summed E-state index contributed by atoms with van der Waals surface area (Å²) in [5.41, 5.74) is 0.884. The molecule has 1 aliphatic heterocycles. The summed E-state index contributed by atoms with van der Waals surface area (Å²) in [6.07, 6.45) is -4.19. The summed E-state index contributed by atoms with van der Waals surface area (Å²) in [4.78, 5) is 8.01. The minimum Gasteiger partial charge on any atom is -0.359 e. The number of guanidine groups is 1. The number of nitrogens with zero attached hydrogens (tertiary/aromatic N) is 4. The molecule has 0 bridgehead atoms. The van der Waals surface area contributed by atoms with E-state index >= 15 is 0 Å². The van der Waals surface area contributed by atoms with E-state index in [9.17, 15) is 13.2 Å². The SMILES string of the molecule is CCNC(=NCc1cc(C(C)C)no1)N1CCN(C(C)C(F)(F)F)CC1.I. The Bertz CT molecular complexity index is 598. The van der Waals surface area contributed by atoms with E-state index in [4.69, 9.17) is 4.52 Å². The molecule has 0 aliphatic carbocycles. The summed E-state index contributed by atoms with van der Waals surface area (Å²) >= 11 is 0. The van der Waals surface area contributed by atoms with Gasteiger partial charge < -0.3 is 14.7 Å². The fraction of sp³-hybridized carbons (Fsp3) is 0.765. The third-order valence-electron chi connectivity index (χ3n) is 4.52. The van der Waals surface area contributed by atoms with Crippen molar-refractivity contribution in [3.8, 4) is 0 Å².